The third-order valence-corrected chi connectivity index (χ3v) is 5.97. The van der Waals surface area contributed by atoms with Crippen molar-refractivity contribution in [2.75, 3.05) is 20.8 Å². The van der Waals surface area contributed by atoms with Crippen LogP contribution in [0.25, 0.3) is 17.2 Å². The number of rotatable bonds is 8. The summed E-state index contributed by atoms with van der Waals surface area (Å²) in [6, 6.07) is 13.4. The molecule has 2 aromatic rings. The molecule has 8 heteroatoms. The normalized spacial score (nSPS) is 15.0. The number of thiocarbonyl (C=S) groups is 1. The fourth-order valence-electron chi connectivity index (χ4n) is 3.11. The fourth-order valence-corrected chi connectivity index (χ4v) is 4.41. The zero-order valence-electron chi connectivity index (χ0n) is 16.6. The highest BCUT2D eigenvalue weighted by Crippen LogP contribution is 2.37. The van der Waals surface area contributed by atoms with Gasteiger partial charge in [0.05, 0.1) is 19.1 Å². The number of hydrogen-bond donors (Lipinski definition) is 1. The molecule has 2 aromatic carbocycles. The van der Waals surface area contributed by atoms with Crippen molar-refractivity contribution >= 4 is 46.3 Å². The highest BCUT2D eigenvalue weighted by Gasteiger charge is 2.31. The number of nitrogens with zero attached hydrogens (tertiary/aromatic N) is 1. The number of aliphatic carboxylic acids is 1. The van der Waals surface area contributed by atoms with Crippen LogP contribution in [-0.4, -0.2) is 47.0 Å². The van der Waals surface area contributed by atoms with Crippen LogP contribution in [0.3, 0.4) is 0 Å². The maximum atomic E-state index is 12.8. The van der Waals surface area contributed by atoms with Gasteiger partial charge in [-0.25, -0.2) is 0 Å². The van der Waals surface area contributed by atoms with Crippen LogP contribution in [0.2, 0.25) is 0 Å². The number of hydrogen-bond acceptors (Lipinski definition) is 6. The Balaban J connectivity index is 1.89. The molecule has 0 aliphatic carbocycles. The second-order valence-corrected chi connectivity index (χ2v) is 8.16. The molecule has 1 fully saturated rings. The van der Waals surface area contributed by atoms with Crippen LogP contribution in [0.15, 0.2) is 47.4 Å². The van der Waals surface area contributed by atoms with Gasteiger partial charge >= 0.3 is 5.97 Å². The highest BCUT2D eigenvalue weighted by molar-refractivity contribution is 8.26. The van der Waals surface area contributed by atoms with Crippen molar-refractivity contribution in [1.82, 2.24) is 4.90 Å². The van der Waals surface area contributed by atoms with Crippen molar-refractivity contribution in [3.8, 4) is 22.6 Å². The Labute approximate surface area is 184 Å². The number of benzene rings is 2. The summed E-state index contributed by atoms with van der Waals surface area (Å²) in [5.74, 6) is 0.174. The first-order valence-corrected chi connectivity index (χ1v) is 10.5. The van der Waals surface area contributed by atoms with Gasteiger partial charge in [-0.05, 0) is 41.3 Å². The van der Waals surface area contributed by atoms with E-state index in [0.29, 0.717) is 33.7 Å². The SMILES string of the molecule is COc1ccc(-c2ccccc2/C=C2\SC(=S)N(CCCC(=O)O)C2=O)cc1OC. The first-order valence-electron chi connectivity index (χ1n) is 9.23. The molecule has 1 aliphatic rings. The van der Waals surface area contributed by atoms with E-state index >= 15 is 0 Å². The summed E-state index contributed by atoms with van der Waals surface area (Å²) in [5, 5.41) is 8.81. The van der Waals surface area contributed by atoms with Gasteiger partial charge in [0.2, 0.25) is 0 Å². The van der Waals surface area contributed by atoms with E-state index in [4.69, 9.17) is 26.8 Å². The Morgan fingerprint density at radius 1 is 1.17 bits per heavy atom. The number of carboxylic acids is 1. The lowest BCUT2D eigenvalue weighted by Gasteiger charge is -2.13. The molecule has 0 saturated carbocycles. The lowest BCUT2D eigenvalue weighted by molar-refractivity contribution is -0.137. The molecule has 30 heavy (non-hydrogen) atoms. The largest absolute Gasteiger partial charge is 0.493 e. The predicted molar refractivity (Wildman–Crippen MR) is 122 cm³/mol. The van der Waals surface area contributed by atoms with Crippen LogP contribution in [-0.2, 0) is 9.59 Å². The van der Waals surface area contributed by atoms with E-state index in [9.17, 15) is 9.59 Å². The fraction of sp³-hybridized carbons (Fsp3) is 0.227. The number of amides is 1. The summed E-state index contributed by atoms with van der Waals surface area (Å²) >= 11 is 6.56. The minimum atomic E-state index is -0.889. The van der Waals surface area contributed by atoms with E-state index < -0.39 is 5.97 Å². The molecule has 0 aromatic heterocycles. The molecule has 3 rings (SSSR count). The number of carboxylic acid groups (broad SMARTS) is 1. The lowest BCUT2D eigenvalue weighted by atomic mass is 9.99. The minimum Gasteiger partial charge on any atom is -0.493 e. The van der Waals surface area contributed by atoms with Crippen LogP contribution >= 0.6 is 24.0 Å². The Bertz CT molecular complexity index is 1020. The van der Waals surface area contributed by atoms with Crippen LogP contribution in [0, 0.1) is 0 Å². The smallest absolute Gasteiger partial charge is 0.303 e. The van der Waals surface area contributed by atoms with Gasteiger partial charge in [0.25, 0.3) is 5.91 Å². The second kappa shape index (κ2) is 9.77. The average molecular weight is 444 g/mol. The minimum absolute atomic E-state index is 0.00174. The van der Waals surface area contributed by atoms with Crippen LogP contribution in [0.4, 0.5) is 0 Å². The topological polar surface area (TPSA) is 76.1 Å². The van der Waals surface area contributed by atoms with Crippen molar-refractivity contribution in [2.45, 2.75) is 12.8 Å². The maximum Gasteiger partial charge on any atom is 0.303 e. The summed E-state index contributed by atoms with van der Waals surface area (Å²) in [7, 11) is 3.17. The summed E-state index contributed by atoms with van der Waals surface area (Å²) in [6.07, 6.45) is 2.18. The summed E-state index contributed by atoms with van der Waals surface area (Å²) in [6.45, 7) is 0.297. The molecular weight excluding hydrogens is 422 g/mol. The van der Waals surface area contributed by atoms with E-state index in [2.05, 4.69) is 0 Å². The van der Waals surface area contributed by atoms with Crippen LogP contribution in [0.1, 0.15) is 18.4 Å². The van der Waals surface area contributed by atoms with Crippen molar-refractivity contribution in [1.29, 1.82) is 0 Å². The molecule has 1 amide bonds. The molecule has 156 valence electrons. The number of thioether (sulfide) groups is 1. The Kier molecular flexibility index (Phi) is 7.12. The van der Waals surface area contributed by atoms with E-state index in [1.54, 1.807) is 14.2 Å². The number of carbonyl (C=O) groups excluding carboxylic acids is 1. The molecule has 6 nitrogen and oxygen atoms in total. The third-order valence-electron chi connectivity index (χ3n) is 4.59. The van der Waals surface area contributed by atoms with Gasteiger partial charge in [-0.3, -0.25) is 14.5 Å². The zero-order valence-corrected chi connectivity index (χ0v) is 18.2. The number of ether oxygens (including phenoxy) is 2. The lowest BCUT2D eigenvalue weighted by Crippen LogP contribution is -2.29. The van der Waals surface area contributed by atoms with Crippen LogP contribution in [0.5, 0.6) is 11.5 Å². The molecule has 0 spiro atoms. The first kappa shape index (κ1) is 21.9. The Hall–Kier alpha value is -2.84. The van der Waals surface area contributed by atoms with Crippen molar-refractivity contribution < 1.29 is 24.2 Å². The van der Waals surface area contributed by atoms with Crippen LogP contribution < -0.4 is 9.47 Å². The predicted octanol–water partition coefficient (Wildman–Crippen LogP) is 4.44. The van der Waals surface area contributed by atoms with E-state index in [1.807, 2.05) is 48.5 Å². The molecule has 0 bridgehead atoms. The standard InChI is InChI=1S/C22H21NO5S2/c1-27-17-10-9-15(12-18(17)28-2)16-7-4-3-6-14(16)13-19-21(26)23(22(29)30-19)11-5-8-20(24)25/h3-4,6-7,9-10,12-13H,5,8,11H2,1-2H3,(H,24,25)/b19-13-. The van der Waals surface area contributed by atoms with Gasteiger partial charge in [-0.2, -0.15) is 0 Å². The maximum absolute atomic E-state index is 12.8. The quantitative estimate of drug-likeness (QED) is 0.478. The molecular formula is C22H21NO5S2. The second-order valence-electron chi connectivity index (χ2n) is 6.49. The number of methoxy groups -OCH3 is 2. The molecule has 0 unspecified atom stereocenters. The highest BCUT2D eigenvalue weighted by atomic mass is 32.2. The number of carbonyl (C=O) groups is 2. The van der Waals surface area contributed by atoms with E-state index in [-0.39, 0.29) is 12.3 Å². The van der Waals surface area contributed by atoms with Gasteiger partial charge in [-0.15, -0.1) is 0 Å². The van der Waals surface area contributed by atoms with Gasteiger partial charge in [0.15, 0.2) is 11.5 Å². The Morgan fingerprint density at radius 2 is 1.90 bits per heavy atom. The average Bonchev–Trinajstić information content (AvgIpc) is 3.00. The van der Waals surface area contributed by atoms with Crippen molar-refractivity contribution in [2.24, 2.45) is 0 Å². The monoisotopic (exact) mass is 443 g/mol. The Morgan fingerprint density at radius 3 is 2.60 bits per heavy atom. The van der Waals surface area contributed by atoms with Crippen molar-refractivity contribution in [3.05, 3.63) is 52.9 Å². The van der Waals surface area contributed by atoms with Gasteiger partial charge in [0, 0.05) is 13.0 Å². The first-order chi connectivity index (χ1) is 14.4. The molecule has 0 atom stereocenters. The summed E-state index contributed by atoms with van der Waals surface area (Å²) in [4.78, 5) is 25.5. The molecule has 1 heterocycles. The van der Waals surface area contributed by atoms with E-state index in [1.165, 1.54) is 16.7 Å². The summed E-state index contributed by atoms with van der Waals surface area (Å²) in [5.41, 5.74) is 2.74. The molecule has 1 N–H and O–H groups in total. The van der Waals surface area contributed by atoms with E-state index in [0.717, 1.165) is 16.7 Å². The zero-order chi connectivity index (χ0) is 21.7. The van der Waals surface area contributed by atoms with Gasteiger partial charge in [0.1, 0.15) is 4.32 Å². The molecule has 1 aliphatic heterocycles. The van der Waals surface area contributed by atoms with Gasteiger partial charge in [-0.1, -0.05) is 54.3 Å². The van der Waals surface area contributed by atoms with Gasteiger partial charge < -0.3 is 14.6 Å². The molecule has 1 saturated heterocycles. The summed E-state index contributed by atoms with van der Waals surface area (Å²) < 4.78 is 11.2. The van der Waals surface area contributed by atoms with Crippen molar-refractivity contribution in [3.63, 3.8) is 0 Å². The third kappa shape index (κ3) is 4.83. The molecule has 0 radical (unpaired) electrons.